The van der Waals surface area contributed by atoms with Crippen molar-refractivity contribution in [2.24, 2.45) is 0 Å². The van der Waals surface area contributed by atoms with Gasteiger partial charge in [0.2, 0.25) is 0 Å². The van der Waals surface area contributed by atoms with Gasteiger partial charge in [-0.2, -0.15) is 0 Å². The molecule has 92 valence electrons. The molecule has 0 saturated carbocycles. The van der Waals surface area contributed by atoms with E-state index in [9.17, 15) is 4.79 Å². The number of nitrogens with one attached hydrogen (secondary N) is 2. The highest BCUT2D eigenvalue weighted by molar-refractivity contribution is 6.18. The second kappa shape index (κ2) is 4.94. The summed E-state index contributed by atoms with van der Waals surface area (Å²) in [5, 5.41) is 5.93. The van der Waals surface area contributed by atoms with Gasteiger partial charge in [-0.1, -0.05) is 6.07 Å². The van der Waals surface area contributed by atoms with Crippen LogP contribution in [0.25, 0.3) is 0 Å². The van der Waals surface area contributed by atoms with Gasteiger partial charge in [0, 0.05) is 11.9 Å². The lowest BCUT2D eigenvalue weighted by molar-refractivity contribution is -0.122. The van der Waals surface area contributed by atoms with Crippen LogP contribution in [0.15, 0.2) is 18.2 Å². The molecule has 0 bridgehead atoms. The maximum absolute atomic E-state index is 11.5. The molecule has 1 heterocycles. The lowest BCUT2D eigenvalue weighted by atomic mass is 10.1. The van der Waals surface area contributed by atoms with Gasteiger partial charge in [-0.15, -0.1) is 11.6 Å². The largest absolute Gasteiger partial charge is 0.479 e. The minimum Gasteiger partial charge on any atom is -0.479 e. The molecule has 0 aliphatic carbocycles. The van der Waals surface area contributed by atoms with Crippen molar-refractivity contribution < 1.29 is 9.53 Å². The highest BCUT2D eigenvalue weighted by atomic mass is 35.5. The van der Waals surface area contributed by atoms with Gasteiger partial charge in [0.05, 0.1) is 5.69 Å². The van der Waals surface area contributed by atoms with E-state index in [0.717, 1.165) is 5.56 Å². The number of anilines is 1. The van der Waals surface area contributed by atoms with Gasteiger partial charge in [0.25, 0.3) is 5.91 Å². The molecular formula is C12H15ClN2O2. The van der Waals surface area contributed by atoms with Crippen molar-refractivity contribution in [1.29, 1.82) is 0 Å². The van der Waals surface area contributed by atoms with Crippen molar-refractivity contribution in [1.82, 2.24) is 5.32 Å². The van der Waals surface area contributed by atoms with E-state index in [1.54, 1.807) is 6.92 Å². The predicted molar refractivity (Wildman–Crippen MR) is 67.7 cm³/mol. The number of carbonyl (C=O) groups is 1. The van der Waals surface area contributed by atoms with Crippen LogP contribution in [0.2, 0.25) is 0 Å². The fourth-order valence-electron chi connectivity index (χ4n) is 1.78. The molecule has 17 heavy (non-hydrogen) atoms. The Kier molecular flexibility index (Phi) is 3.54. The van der Waals surface area contributed by atoms with E-state index in [4.69, 9.17) is 16.3 Å². The molecule has 1 aliphatic rings. The van der Waals surface area contributed by atoms with E-state index in [2.05, 4.69) is 10.6 Å². The number of hydrogen-bond acceptors (Lipinski definition) is 3. The molecule has 5 heteroatoms. The second-order valence-electron chi connectivity index (χ2n) is 4.00. The molecule has 2 N–H and O–H groups in total. The minimum atomic E-state index is -0.443. The third kappa shape index (κ3) is 2.37. The Balaban J connectivity index is 2.31. The number of halogens is 1. The van der Waals surface area contributed by atoms with Crippen LogP contribution < -0.4 is 15.4 Å². The Labute approximate surface area is 105 Å². The van der Waals surface area contributed by atoms with Crippen molar-refractivity contribution in [3.8, 4) is 5.75 Å². The maximum Gasteiger partial charge on any atom is 0.265 e. The van der Waals surface area contributed by atoms with E-state index < -0.39 is 6.10 Å². The molecule has 4 nitrogen and oxygen atoms in total. The first kappa shape index (κ1) is 12.2. The van der Waals surface area contributed by atoms with E-state index in [-0.39, 0.29) is 11.9 Å². The third-order valence-corrected chi connectivity index (χ3v) is 3.15. The Morgan fingerprint density at radius 3 is 3.00 bits per heavy atom. The average molecular weight is 255 g/mol. The molecule has 1 aromatic carbocycles. The highest BCUT2D eigenvalue weighted by Crippen LogP contribution is 2.32. The fraction of sp³-hybridized carbons (Fsp3) is 0.417. The summed E-state index contributed by atoms with van der Waals surface area (Å²) < 4.78 is 5.48. The van der Waals surface area contributed by atoms with Crippen LogP contribution in [0.4, 0.5) is 5.69 Å². The van der Waals surface area contributed by atoms with Crippen molar-refractivity contribution >= 4 is 23.2 Å². The maximum atomic E-state index is 11.5. The average Bonchev–Trinajstić information content (AvgIpc) is 2.32. The summed E-state index contributed by atoms with van der Waals surface area (Å²) in [7, 11) is 1.85. The number of fused-ring (bicyclic) bond motifs is 1. The van der Waals surface area contributed by atoms with Crippen LogP contribution in [0.1, 0.15) is 18.5 Å². The number of ether oxygens (including phenoxy) is 1. The molecule has 0 saturated heterocycles. The van der Waals surface area contributed by atoms with Crippen LogP contribution in [0, 0.1) is 0 Å². The third-order valence-electron chi connectivity index (χ3n) is 2.84. The van der Waals surface area contributed by atoms with Crippen molar-refractivity contribution in [3.63, 3.8) is 0 Å². The molecule has 0 aromatic heterocycles. The number of amides is 1. The van der Waals surface area contributed by atoms with Gasteiger partial charge < -0.3 is 15.4 Å². The zero-order valence-electron chi connectivity index (χ0n) is 9.79. The Morgan fingerprint density at radius 2 is 2.35 bits per heavy atom. The topological polar surface area (TPSA) is 50.4 Å². The summed E-state index contributed by atoms with van der Waals surface area (Å²) in [6.07, 6.45) is -0.443. The summed E-state index contributed by atoms with van der Waals surface area (Å²) in [6, 6.07) is 5.77. The fourth-order valence-corrected chi connectivity index (χ4v) is 2.11. The van der Waals surface area contributed by atoms with Gasteiger partial charge in [0.15, 0.2) is 6.10 Å². The molecule has 0 radical (unpaired) electrons. The lowest BCUT2D eigenvalue weighted by Gasteiger charge is -2.24. The number of benzene rings is 1. The van der Waals surface area contributed by atoms with E-state index in [0.29, 0.717) is 17.3 Å². The summed E-state index contributed by atoms with van der Waals surface area (Å²) in [4.78, 5) is 11.5. The van der Waals surface area contributed by atoms with Crippen LogP contribution >= 0.6 is 11.6 Å². The van der Waals surface area contributed by atoms with Crippen molar-refractivity contribution in [2.45, 2.75) is 19.1 Å². The molecular weight excluding hydrogens is 240 g/mol. The van der Waals surface area contributed by atoms with Crippen molar-refractivity contribution in [2.75, 3.05) is 18.2 Å². The molecule has 1 amide bonds. The van der Waals surface area contributed by atoms with Crippen molar-refractivity contribution in [3.05, 3.63) is 23.8 Å². The Morgan fingerprint density at radius 1 is 1.59 bits per heavy atom. The molecule has 2 unspecified atom stereocenters. The quantitative estimate of drug-likeness (QED) is 0.810. The van der Waals surface area contributed by atoms with Crippen LogP contribution in [0.5, 0.6) is 5.75 Å². The first-order valence-corrected chi connectivity index (χ1v) is 6.04. The van der Waals surface area contributed by atoms with Gasteiger partial charge in [0.1, 0.15) is 5.75 Å². The lowest BCUT2D eigenvalue weighted by Crippen LogP contribution is -2.34. The zero-order valence-corrected chi connectivity index (χ0v) is 10.5. The molecule has 0 fully saturated rings. The van der Waals surface area contributed by atoms with Gasteiger partial charge >= 0.3 is 0 Å². The zero-order chi connectivity index (χ0) is 12.4. The van der Waals surface area contributed by atoms with Gasteiger partial charge in [-0.3, -0.25) is 4.79 Å². The van der Waals surface area contributed by atoms with Crippen LogP contribution in [0.3, 0.4) is 0 Å². The number of hydrogen-bond donors (Lipinski definition) is 2. The molecule has 1 aliphatic heterocycles. The molecule has 2 rings (SSSR count). The second-order valence-corrected chi connectivity index (χ2v) is 4.31. The highest BCUT2D eigenvalue weighted by Gasteiger charge is 2.24. The Bertz CT molecular complexity index is 433. The summed E-state index contributed by atoms with van der Waals surface area (Å²) in [5.41, 5.74) is 1.73. The predicted octanol–water partition coefficient (Wildman–Crippen LogP) is 1.91. The standard InChI is InChI=1S/C12H15ClN2O2/c1-7-12(16)15-9-5-8(10(6-13)14-2)3-4-11(9)17-7/h3-5,7,10,14H,6H2,1-2H3,(H,15,16). The molecule has 2 atom stereocenters. The van der Waals surface area contributed by atoms with E-state index in [1.807, 2.05) is 25.2 Å². The first-order valence-electron chi connectivity index (χ1n) is 5.50. The monoisotopic (exact) mass is 254 g/mol. The summed E-state index contributed by atoms with van der Waals surface area (Å²) in [5.74, 6) is 1.05. The van der Waals surface area contributed by atoms with Gasteiger partial charge in [-0.05, 0) is 31.7 Å². The van der Waals surface area contributed by atoms with Crippen LogP contribution in [-0.4, -0.2) is 24.9 Å². The van der Waals surface area contributed by atoms with Crippen LogP contribution in [-0.2, 0) is 4.79 Å². The number of carbonyl (C=O) groups excluding carboxylic acids is 1. The Hall–Kier alpha value is -1.26. The number of alkyl halides is 1. The normalized spacial score (nSPS) is 20.2. The molecule has 0 spiro atoms. The van der Waals surface area contributed by atoms with E-state index >= 15 is 0 Å². The smallest absolute Gasteiger partial charge is 0.265 e. The SMILES string of the molecule is CNC(CCl)c1ccc2c(c1)NC(=O)C(C)O2. The first-order chi connectivity index (χ1) is 8.15. The van der Waals surface area contributed by atoms with Gasteiger partial charge in [-0.25, -0.2) is 0 Å². The van der Waals surface area contributed by atoms with E-state index in [1.165, 1.54) is 0 Å². The minimum absolute atomic E-state index is 0.0678. The summed E-state index contributed by atoms with van der Waals surface area (Å²) in [6.45, 7) is 1.72. The molecule has 1 aromatic rings. The summed E-state index contributed by atoms with van der Waals surface area (Å²) >= 11 is 5.86. The number of rotatable bonds is 3.